The van der Waals surface area contributed by atoms with E-state index >= 15 is 0 Å². The lowest BCUT2D eigenvalue weighted by Crippen LogP contribution is -2.28. The number of aliphatic carboxylic acids is 2. The largest absolute Gasteiger partial charge is 0.481 e. The zero-order chi connectivity index (χ0) is 26.5. The van der Waals surface area contributed by atoms with E-state index in [2.05, 4.69) is 4.90 Å². The second-order valence-corrected chi connectivity index (χ2v) is 7.49. The van der Waals surface area contributed by atoms with E-state index in [1.165, 1.54) is 0 Å². The molecule has 0 saturated heterocycles. The molecule has 0 aromatic rings. The molecule has 0 saturated carbocycles. The Morgan fingerprint density at radius 3 is 0.917 bits per heavy atom. The first-order chi connectivity index (χ1) is 17.5. The Kier molecular flexibility index (Phi) is 27.0. The first-order valence-electron chi connectivity index (χ1n) is 12.3. The Morgan fingerprint density at radius 2 is 0.667 bits per heavy atom. The number of nitrogens with zero attached hydrogens (tertiary/aromatic N) is 1. The molecular weight excluding hydrogens is 482 g/mol. The third-order valence-electron chi connectivity index (χ3n) is 4.39. The topological polar surface area (TPSA) is 152 Å². The predicted octanol–water partition coefficient (Wildman–Crippen LogP) is 0.000400. The molecule has 0 unspecified atom stereocenters. The highest BCUT2D eigenvalue weighted by Crippen LogP contribution is 1.89. The van der Waals surface area contributed by atoms with Gasteiger partial charge in [0.2, 0.25) is 0 Å². The molecule has 0 heterocycles. The monoisotopic (exact) mass is 527 g/mol. The molecule has 0 aliphatic rings. The summed E-state index contributed by atoms with van der Waals surface area (Å²) in [5, 5.41) is 16.9. The Bertz CT molecular complexity index is 456. The Balaban J connectivity index is 3.16. The summed E-state index contributed by atoms with van der Waals surface area (Å²) < 4.78 is 42.8. The van der Waals surface area contributed by atoms with Crippen LogP contribution in [-0.2, 0) is 47.5 Å². The van der Waals surface area contributed by atoms with E-state index in [0.717, 1.165) is 13.1 Å². The normalized spacial score (nSPS) is 11.4. The van der Waals surface area contributed by atoms with Crippen LogP contribution in [0.3, 0.4) is 0 Å². The van der Waals surface area contributed by atoms with Gasteiger partial charge in [0, 0.05) is 13.1 Å². The summed E-state index contributed by atoms with van der Waals surface area (Å²) in [4.78, 5) is 22.7. The molecule has 0 radical (unpaired) electrons. The SMILES string of the molecule is CN(CCOCCOCCOCCOCCC(=O)O)CCOCCOCCOCCOCCC(=O)O. The van der Waals surface area contributed by atoms with Gasteiger partial charge in [0.25, 0.3) is 0 Å². The first kappa shape index (κ1) is 34.6. The van der Waals surface area contributed by atoms with Gasteiger partial charge < -0.3 is 53.0 Å². The number of hydrogen-bond acceptors (Lipinski definition) is 11. The fourth-order valence-electron chi connectivity index (χ4n) is 2.40. The van der Waals surface area contributed by atoms with Crippen molar-refractivity contribution in [1.82, 2.24) is 4.90 Å². The van der Waals surface area contributed by atoms with Gasteiger partial charge in [-0.05, 0) is 7.05 Å². The van der Waals surface area contributed by atoms with Gasteiger partial charge in [0.15, 0.2) is 0 Å². The van der Waals surface area contributed by atoms with E-state index in [1.54, 1.807) is 0 Å². The Morgan fingerprint density at radius 1 is 0.444 bits per heavy atom. The van der Waals surface area contributed by atoms with Crippen LogP contribution in [0.2, 0.25) is 0 Å². The minimum Gasteiger partial charge on any atom is -0.481 e. The predicted molar refractivity (Wildman–Crippen MR) is 129 cm³/mol. The highest BCUT2D eigenvalue weighted by molar-refractivity contribution is 5.67. The number of carboxylic acids is 2. The second kappa shape index (κ2) is 28.2. The molecule has 214 valence electrons. The van der Waals surface area contributed by atoms with Gasteiger partial charge in [0.05, 0.1) is 119 Å². The molecule has 0 spiro atoms. The van der Waals surface area contributed by atoms with Gasteiger partial charge in [-0.1, -0.05) is 0 Å². The smallest absolute Gasteiger partial charge is 0.305 e. The van der Waals surface area contributed by atoms with E-state index in [9.17, 15) is 9.59 Å². The number of likely N-dealkylation sites (N-methyl/N-ethyl adjacent to an activating group) is 1. The zero-order valence-electron chi connectivity index (χ0n) is 21.6. The summed E-state index contributed by atoms with van der Waals surface area (Å²) >= 11 is 0. The molecule has 0 aliphatic heterocycles. The van der Waals surface area contributed by atoms with Crippen molar-refractivity contribution in [3.63, 3.8) is 0 Å². The van der Waals surface area contributed by atoms with Crippen molar-refractivity contribution in [1.29, 1.82) is 0 Å². The summed E-state index contributed by atoms with van der Waals surface area (Å²) in [5.41, 5.74) is 0. The van der Waals surface area contributed by atoms with Crippen molar-refractivity contribution in [2.75, 3.05) is 126 Å². The Labute approximate surface area is 213 Å². The lowest BCUT2D eigenvalue weighted by molar-refractivity contribution is -0.139. The van der Waals surface area contributed by atoms with Crippen LogP contribution >= 0.6 is 0 Å². The number of rotatable bonds is 30. The fraction of sp³-hybridized carbons (Fsp3) is 0.913. The van der Waals surface area contributed by atoms with Crippen LogP contribution in [0.15, 0.2) is 0 Å². The molecule has 0 aromatic carbocycles. The minimum absolute atomic E-state index is 0.000826. The summed E-state index contributed by atoms with van der Waals surface area (Å²) in [6, 6.07) is 0. The van der Waals surface area contributed by atoms with E-state index < -0.39 is 11.9 Å². The van der Waals surface area contributed by atoms with Crippen molar-refractivity contribution in [3.05, 3.63) is 0 Å². The Hall–Kier alpha value is -1.42. The van der Waals surface area contributed by atoms with Gasteiger partial charge in [-0.2, -0.15) is 0 Å². The summed E-state index contributed by atoms with van der Waals surface area (Å²) in [6.07, 6.45) is -0.00165. The number of carboxylic acid groups (broad SMARTS) is 2. The molecular formula is C23H45NO12. The van der Waals surface area contributed by atoms with Crippen molar-refractivity contribution < 1.29 is 57.7 Å². The lowest BCUT2D eigenvalue weighted by atomic mass is 10.5. The van der Waals surface area contributed by atoms with E-state index in [4.69, 9.17) is 48.1 Å². The zero-order valence-corrected chi connectivity index (χ0v) is 21.6. The summed E-state index contributed by atoms with van der Waals surface area (Å²) in [6.45, 7) is 8.63. The highest BCUT2D eigenvalue weighted by Gasteiger charge is 2.00. The van der Waals surface area contributed by atoms with Gasteiger partial charge in [0.1, 0.15) is 0 Å². The van der Waals surface area contributed by atoms with Gasteiger partial charge in [-0.15, -0.1) is 0 Å². The third-order valence-corrected chi connectivity index (χ3v) is 4.39. The quantitative estimate of drug-likeness (QED) is 0.121. The standard InChI is InChI=1S/C23H45NO12/c1-24(4-8-31-12-16-35-20-18-33-14-10-29-6-2-22(25)26)5-9-32-13-17-36-21-19-34-15-11-30-7-3-23(27)28/h2-21H2,1H3,(H,25,26)(H,27,28). The average Bonchev–Trinajstić information content (AvgIpc) is 2.84. The number of carbonyl (C=O) groups is 2. The average molecular weight is 528 g/mol. The number of hydrogen-bond donors (Lipinski definition) is 2. The molecule has 13 nitrogen and oxygen atoms in total. The van der Waals surface area contributed by atoms with Crippen molar-refractivity contribution in [2.24, 2.45) is 0 Å². The van der Waals surface area contributed by atoms with Gasteiger partial charge in [-0.25, -0.2) is 0 Å². The van der Waals surface area contributed by atoms with Crippen LogP contribution in [0.4, 0.5) is 0 Å². The fourth-order valence-corrected chi connectivity index (χ4v) is 2.40. The van der Waals surface area contributed by atoms with Crippen LogP contribution in [0.5, 0.6) is 0 Å². The van der Waals surface area contributed by atoms with Crippen LogP contribution < -0.4 is 0 Å². The van der Waals surface area contributed by atoms with Crippen LogP contribution in [0, 0.1) is 0 Å². The van der Waals surface area contributed by atoms with Crippen LogP contribution in [-0.4, -0.2) is 153 Å². The van der Waals surface area contributed by atoms with Crippen LogP contribution in [0.1, 0.15) is 12.8 Å². The molecule has 2 N–H and O–H groups in total. The van der Waals surface area contributed by atoms with Gasteiger partial charge in [-0.3, -0.25) is 9.59 Å². The minimum atomic E-state index is -0.874. The summed E-state index contributed by atoms with van der Waals surface area (Å²) in [5.74, 6) is -1.75. The van der Waals surface area contributed by atoms with Crippen molar-refractivity contribution in [2.45, 2.75) is 12.8 Å². The maximum Gasteiger partial charge on any atom is 0.305 e. The lowest BCUT2D eigenvalue weighted by Gasteiger charge is -2.16. The molecule has 0 amide bonds. The van der Waals surface area contributed by atoms with Crippen molar-refractivity contribution >= 4 is 11.9 Å². The number of ether oxygens (including phenoxy) is 8. The van der Waals surface area contributed by atoms with Gasteiger partial charge >= 0.3 is 11.9 Å². The third kappa shape index (κ3) is 30.6. The maximum absolute atomic E-state index is 10.3. The highest BCUT2D eigenvalue weighted by atomic mass is 16.6. The van der Waals surface area contributed by atoms with Crippen molar-refractivity contribution in [3.8, 4) is 0 Å². The molecule has 0 atom stereocenters. The first-order valence-corrected chi connectivity index (χ1v) is 12.3. The molecule has 13 heteroatoms. The second-order valence-electron chi connectivity index (χ2n) is 7.49. The van der Waals surface area contributed by atoms with Crippen LogP contribution in [0.25, 0.3) is 0 Å². The molecule has 0 bridgehead atoms. The molecule has 36 heavy (non-hydrogen) atoms. The van der Waals surface area contributed by atoms with E-state index in [0.29, 0.717) is 92.5 Å². The summed E-state index contributed by atoms with van der Waals surface area (Å²) in [7, 11) is 2.01. The molecule has 0 aliphatic carbocycles. The molecule has 0 fully saturated rings. The molecule has 0 rings (SSSR count). The van der Waals surface area contributed by atoms with E-state index in [-0.39, 0.29) is 26.1 Å². The maximum atomic E-state index is 10.3. The van der Waals surface area contributed by atoms with E-state index in [1.807, 2.05) is 7.05 Å². The molecule has 0 aromatic heterocycles.